The third kappa shape index (κ3) is 3.44. The molecule has 0 aliphatic rings. The van der Waals surface area contributed by atoms with Crippen LogP contribution in [0.4, 0.5) is 4.39 Å². The van der Waals surface area contributed by atoms with E-state index >= 15 is 0 Å². The minimum absolute atomic E-state index is 0.0794. The summed E-state index contributed by atoms with van der Waals surface area (Å²) < 4.78 is 17.9. The van der Waals surface area contributed by atoms with E-state index in [1.165, 1.54) is 19.2 Å². The first-order valence-corrected chi connectivity index (χ1v) is 4.98. The van der Waals surface area contributed by atoms with Crippen molar-refractivity contribution in [3.63, 3.8) is 0 Å². The minimum atomic E-state index is -0.647. The molecule has 0 bridgehead atoms. The van der Waals surface area contributed by atoms with Crippen molar-refractivity contribution in [2.24, 2.45) is 0 Å². The molecular formula is C11H16FNO3. The molecule has 3 N–H and O–H groups in total. The average molecular weight is 229 g/mol. The number of para-hydroxylation sites is 1. The highest BCUT2D eigenvalue weighted by molar-refractivity contribution is 5.33. The van der Waals surface area contributed by atoms with Gasteiger partial charge >= 0.3 is 0 Å². The van der Waals surface area contributed by atoms with Crippen molar-refractivity contribution in [1.82, 2.24) is 5.32 Å². The Hall–Kier alpha value is -1.17. The highest BCUT2D eigenvalue weighted by atomic mass is 19.1. The summed E-state index contributed by atoms with van der Waals surface area (Å²) in [6, 6.07) is 4.10. The third-order valence-corrected chi connectivity index (χ3v) is 2.24. The maximum atomic E-state index is 13.0. The first-order chi connectivity index (χ1) is 7.69. The Balaban J connectivity index is 2.56. The first kappa shape index (κ1) is 12.9. The Morgan fingerprint density at radius 2 is 2.25 bits per heavy atom. The quantitative estimate of drug-likeness (QED) is 0.669. The second kappa shape index (κ2) is 6.42. The molecule has 0 saturated heterocycles. The maximum Gasteiger partial charge on any atom is 0.165 e. The van der Waals surface area contributed by atoms with Gasteiger partial charge in [0.15, 0.2) is 11.6 Å². The molecule has 5 heteroatoms. The molecule has 0 spiro atoms. The lowest BCUT2D eigenvalue weighted by molar-refractivity contribution is 0.128. The zero-order chi connectivity index (χ0) is 12.0. The highest BCUT2D eigenvalue weighted by Crippen LogP contribution is 2.20. The van der Waals surface area contributed by atoms with Gasteiger partial charge in [-0.15, -0.1) is 0 Å². The van der Waals surface area contributed by atoms with E-state index in [1.807, 2.05) is 0 Å². The SMILES string of the molecule is COCC(CO)NCc1cccc(F)c1O. The maximum absolute atomic E-state index is 13.0. The van der Waals surface area contributed by atoms with Crippen molar-refractivity contribution in [3.8, 4) is 5.75 Å². The zero-order valence-electron chi connectivity index (χ0n) is 9.11. The summed E-state index contributed by atoms with van der Waals surface area (Å²) in [5.41, 5.74) is 0.453. The van der Waals surface area contributed by atoms with Crippen LogP contribution in [-0.4, -0.2) is 36.6 Å². The van der Waals surface area contributed by atoms with Crippen molar-refractivity contribution in [1.29, 1.82) is 0 Å². The summed E-state index contributed by atoms with van der Waals surface area (Å²) in [6.07, 6.45) is 0. The fourth-order valence-electron chi connectivity index (χ4n) is 1.33. The predicted molar refractivity (Wildman–Crippen MR) is 57.7 cm³/mol. The molecule has 90 valence electrons. The van der Waals surface area contributed by atoms with Crippen molar-refractivity contribution in [2.45, 2.75) is 12.6 Å². The first-order valence-electron chi connectivity index (χ1n) is 4.98. The molecule has 1 aromatic rings. The molecule has 0 fully saturated rings. The van der Waals surface area contributed by atoms with Crippen LogP contribution in [0.2, 0.25) is 0 Å². The monoisotopic (exact) mass is 229 g/mol. The van der Waals surface area contributed by atoms with E-state index in [1.54, 1.807) is 6.07 Å². The Morgan fingerprint density at radius 1 is 1.50 bits per heavy atom. The highest BCUT2D eigenvalue weighted by Gasteiger charge is 2.09. The number of nitrogens with one attached hydrogen (secondary N) is 1. The molecule has 0 saturated carbocycles. The van der Waals surface area contributed by atoms with Crippen molar-refractivity contribution < 1.29 is 19.3 Å². The number of ether oxygens (including phenoxy) is 1. The standard InChI is InChI=1S/C11H16FNO3/c1-16-7-9(6-14)13-5-8-3-2-4-10(12)11(8)15/h2-4,9,13-15H,5-7H2,1H3. The number of aliphatic hydroxyl groups is 1. The van der Waals surface area contributed by atoms with E-state index in [-0.39, 0.29) is 24.9 Å². The number of methoxy groups -OCH3 is 1. The van der Waals surface area contributed by atoms with Crippen LogP contribution in [0.1, 0.15) is 5.56 Å². The zero-order valence-corrected chi connectivity index (χ0v) is 9.11. The summed E-state index contributed by atoms with van der Waals surface area (Å²) in [4.78, 5) is 0. The summed E-state index contributed by atoms with van der Waals surface area (Å²) in [5.74, 6) is -1.00. The van der Waals surface area contributed by atoms with Crippen LogP contribution in [0.5, 0.6) is 5.75 Å². The van der Waals surface area contributed by atoms with E-state index in [2.05, 4.69) is 5.32 Å². The van der Waals surface area contributed by atoms with Crippen LogP contribution in [0.25, 0.3) is 0 Å². The van der Waals surface area contributed by atoms with Crippen molar-refractivity contribution >= 4 is 0 Å². The number of hydrogen-bond donors (Lipinski definition) is 3. The molecule has 0 heterocycles. The summed E-state index contributed by atoms with van der Waals surface area (Å²) in [6.45, 7) is 0.550. The van der Waals surface area contributed by atoms with Crippen LogP contribution in [0, 0.1) is 5.82 Å². The second-order valence-corrected chi connectivity index (χ2v) is 3.46. The fraction of sp³-hybridized carbons (Fsp3) is 0.455. The molecule has 1 aromatic carbocycles. The number of hydrogen-bond acceptors (Lipinski definition) is 4. The van der Waals surface area contributed by atoms with E-state index in [0.29, 0.717) is 12.2 Å². The van der Waals surface area contributed by atoms with Gasteiger partial charge in [-0.3, -0.25) is 0 Å². The molecule has 0 radical (unpaired) electrons. The smallest absolute Gasteiger partial charge is 0.165 e. The average Bonchev–Trinajstić information content (AvgIpc) is 2.29. The van der Waals surface area contributed by atoms with E-state index in [4.69, 9.17) is 9.84 Å². The second-order valence-electron chi connectivity index (χ2n) is 3.46. The Labute approximate surface area is 93.7 Å². The molecule has 0 aliphatic carbocycles. The molecule has 1 unspecified atom stereocenters. The van der Waals surface area contributed by atoms with Crippen LogP contribution in [-0.2, 0) is 11.3 Å². The molecular weight excluding hydrogens is 213 g/mol. The molecule has 16 heavy (non-hydrogen) atoms. The Morgan fingerprint density at radius 3 is 2.88 bits per heavy atom. The number of phenolic OH excluding ortho intramolecular Hbond substituents is 1. The normalized spacial score (nSPS) is 12.7. The van der Waals surface area contributed by atoms with Crippen LogP contribution >= 0.6 is 0 Å². The summed E-state index contributed by atoms with van der Waals surface area (Å²) in [7, 11) is 1.53. The predicted octanol–water partition coefficient (Wildman–Crippen LogP) is 0.628. The fourth-order valence-corrected chi connectivity index (χ4v) is 1.33. The molecule has 0 amide bonds. The lowest BCUT2D eigenvalue weighted by Crippen LogP contribution is -2.35. The lowest BCUT2D eigenvalue weighted by Gasteiger charge is -2.15. The van der Waals surface area contributed by atoms with E-state index in [9.17, 15) is 9.50 Å². The number of rotatable bonds is 6. The van der Waals surface area contributed by atoms with Gasteiger partial charge in [-0.05, 0) is 6.07 Å². The molecule has 1 rings (SSSR count). The number of benzene rings is 1. The summed E-state index contributed by atoms with van der Waals surface area (Å²) in [5, 5.41) is 21.3. The van der Waals surface area contributed by atoms with E-state index < -0.39 is 5.82 Å². The van der Waals surface area contributed by atoms with Crippen LogP contribution < -0.4 is 5.32 Å². The topological polar surface area (TPSA) is 61.7 Å². The lowest BCUT2D eigenvalue weighted by atomic mass is 10.2. The van der Waals surface area contributed by atoms with Gasteiger partial charge in [-0.1, -0.05) is 12.1 Å². The van der Waals surface area contributed by atoms with Crippen molar-refractivity contribution in [3.05, 3.63) is 29.6 Å². The number of phenols is 1. The van der Waals surface area contributed by atoms with Gasteiger partial charge in [0.25, 0.3) is 0 Å². The Bertz CT molecular complexity index is 333. The minimum Gasteiger partial charge on any atom is -0.505 e. The van der Waals surface area contributed by atoms with Gasteiger partial charge in [0, 0.05) is 19.2 Å². The van der Waals surface area contributed by atoms with Crippen LogP contribution in [0.3, 0.4) is 0 Å². The molecule has 0 aromatic heterocycles. The summed E-state index contributed by atoms with van der Waals surface area (Å²) >= 11 is 0. The molecule has 4 nitrogen and oxygen atoms in total. The van der Waals surface area contributed by atoms with Crippen molar-refractivity contribution in [2.75, 3.05) is 20.3 Å². The van der Waals surface area contributed by atoms with Gasteiger partial charge < -0.3 is 20.3 Å². The van der Waals surface area contributed by atoms with E-state index in [0.717, 1.165) is 0 Å². The number of aliphatic hydroxyl groups excluding tert-OH is 1. The molecule has 1 atom stereocenters. The molecule has 0 aliphatic heterocycles. The van der Waals surface area contributed by atoms with Gasteiger partial charge in [0.1, 0.15) is 0 Å². The third-order valence-electron chi connectivity index (χ3n) is 2.24. The van der Waals surface area contributed by atoms with Gasteiger partial charge in [0.05, 0.1) is 19.3 Å². The van der Waals surface area contributed by atoms with Gasteiger partial charge in [-0.25, -0.2) is 4.39 Å². The largest absolute Gasteiger partial charge is 0.505 e. The van der Waals surface area contributed by atoms with Gasteiger partial charge in [-0.2, -0.15) is 0 Å². The number of halogens is 1. The van der Waals surface area contributed by atoms with Crippen LogP contribution in [0.15, 0.2) is 18.2 Å². The number of aromatic hydroxyl groups is 1. The van der Waals surface area contributed by atoms with Gasteiger partial charge in [0.2, 0.25) is 0 Å². The Kier molecular flexibility index (Phi) is 5.18.